The fourth-order valence-electron chi connectivity index (χ4n) is 1.97. The van der Waals surface area contributed by atoms with Gasteiger partial charge in [0.25, 0.3) is 0 Å². The van der Waals surface area contributed by atoms with Crippen LogP contribution in [0.1, 0.15) is 6.42 Å². The van der Waals surface area contributed by atoms with Crippen molar-refractivity contribution in [2.45, 2.75) is 13.0 Å². The smallest absolute Gasteiger partial charge is 0.0260 e. The summed E-state index contributed by atoms with van der Waals surface area (Å²) in [4.78, 5) is 2.41. The van der Waals surface area contributed by atoms with Crippen molar-refractivity contribution in [2.75, 3.05) is 20.1 Å². The molecule has 2 nitrogen and oxygen atoms in total. The van der Waals surface area contributed by atoms with Gasteiger partial charge in [-0.3, -0.25) is 0 Å². The van der Waals surface area contributed by atoms with Crippen LogP contribution in [-0.4, -0.2) is 29.6 Å². The van der Waals surface area contributed by atoms with E-state index < -0.39 is 0 Å². The fourth-order valence-corrected chi connectivity index (χ4v) is 1.97. The normalized spacial score (nSPS) is 24.9. The van der Waals surface area contributed by atoms with Crippen LogP contribution in [0, 0.1) is 5.92 Å². The van der Waals surface area contributed by atoms with Crippen LogP contribution in [0.3, 0.4) is 0 Å². The first-order valence-corrected chi connectivity index (χ1v) is 4.64. The highest BCUT2D eigenvalue weighted by molar-refractivity contribution is 4.91. The van der Waals surface area contributed by atoms with Gasteiger partial charge in [0.05, 0.1) is 0 Å². The third-order valence-corrected chi connectivity index (χ3v) is 2.62. The summed E-state index contributed by atoms with van der Waals surface area (Å²) in [6.45, 7) is 3.72. The zero-order valence-corrected chi connectivity index (χ0v) is 7.61. The second kappa shape index (κ2) is 3.31. The highest BCUT2D eigenvalue weighted by Gasteiger charge is 2.18. The summed E-state index contributed by atoms with van der Waals surface area (Å²) in [6.07, 6.45) is 5.66. The van der Waals surface area contributed by atoms with Crippen molar-refractivity contribution in [3.8, 4) is 0 Å². The Morgan fingerprint density at radius 1 is 1.33 bits per heavy atom. The van der Waals surface area contributed by atoms with Crippen LogP contribution < -0.4 is 0 Å². The minimum absolute atomic E-state index is 0.863. The van der Waals surface area contributed by atoms with Crippen molar-refractivity contribution in [1.82, 2.24) is 9.47 Å². The second-order valence-corrected chi connectivity index (χ2v) is 3.80. The van der Waals surface area contributed by atoms with Gasteiger partial charge in [0.1, 0.15) is 0 Å². The van der Waals surface area contributed by atoms with E-state index in [1.54, 1.807) is 0 Å². The minimum atomic E-state index is 0.863. The lowest BCUT2D eigenvalue weighted by molar-refractivity contribution is 0.378. The Morgan fingerprint density at radius 2 is 2.08 bits per heavy atom. The molecule has 1 saturated heterocycles. The van der Waals surface area contributed by atoms with E-state index in [2.05, 4.69) is 41.0 Å². The number of nitrogens with zero attached hydrogens (tertiary/aromatic N) is 2. The van der Waals surface area contributed by atoms with Crippen LogP contribution in [0.4, 0.5) is 0 Å². The molecule has 66 valence electrons. The molecular formula is C10H16N2. The molecule has 12 heavy (non-hydrogen) atoms. The van der Waals surface area contributed by atoms with Crippen LogP contribution in [0.5, 0.6) is 0 Å². The summed E-state index contributed by atoms with van der Waals surface area (Å²) in [7, 11) is 2.20. The maximum absolute atomic E-state index is 2.41. The molecule has 1 aromatic heterocycles. The summed E-state index contributed by atoms with van der Waals surface area (Å²) < 4.78 is 2.28. The van der Waals surface area contributed by atoms with Gasteiger partial charge in [-0.2, -0.15) is 0 Å². The van der Waals surface area contributed by atoms with E-state index in [9.17, 15) is 0 Å². The molecule has 1 aromatic rings. The summed E-state index contributed by atoms with van der Waals surface area (Å²) in [5.41, 5.74) is 0. The topological polar surface area (TPSA) is 8.17 Å². The predicted octanol–water partition coefficient (Wildman–Crippen LogP) is 1.44. The predicted molar refractivity (Wildman–Crippen MR) is 50.0 cm³/mol. The minimum Gasteiger partial charge on any atom is -0.354 e. The fraction of sp³-hybridized carbons (Fsp3) is 0.600. The van der Waals surface area contributed by atoms with Gasteiger partial charge in [-0.05, 0) is 38.1 Å². The summed E-state index contributed by atoms with van der Waals surface area (Å²) >= 11 is 0. The van der Waals surface area contributed by atoms with Gasteiger partial charge in [0, 0.05) is 25.5 Å². The number of aromatic nitrogens is 1. The molecule has 1 aliphatic rings. The Labute approximate surface area is 73.8 Å². The SMILES string of the molecule is CN1CCC(Cn2cccc2)C1. The number of rotatable bonds is 2. The standard InChI is InChI=1S/C10H16N2/c1-11-7-4-10(8-11)9-12-5-2-3-6-12/h2-3,5-6,10H,4,7-9H2,1H3. The lowest BCUT2D eigenvalue weighted by Gasteiger charge is -2.10. The number of likely N-dealkylation sites (tertiary alicyclic amines) is 1. The Kier molecular flexibility index (Phi) is 2.17. The molecule has 0 bridgehead atoms. The maximum Gasteiger partial charge on any atom is 0.0260 e. The van der Waals surface area contributed by atoms with Gasteiger partial charge in [0.15, 0.2) is 0 Å². The molecule has 2 heterocycles. The van der Waals surface area contributed by atoms with Gasteiger partial charge in [0.2, 0.25) is 0 Å². The molecule has 0 spiro atoms. The molecule has 2 rings (SSSR count). The highest BCUT2D eigenvalue weighted by atomic mass is 15.1. The molecule has 0 amide bonds. The van der Waals surface area contributed by atoms with Gasteiger partial charge in [-0.15, -0.1) is 0 Å². The molecule has 0 saturated carbocycles. The van der Waals surface area contributed by atoms with Gasteiger partial charge in [-0.1, -0.05) is 0 Å². The molecule has 2 heteroatoms. The van der Waals surface area contributed by atoms with E-state index in [4.69, 9.17) is 0 Å². The number of hydrogen-bond donors (Lipinski definition) is 0. The van der Waals surface area contributed by atoms with Crippen LogP contribution in [0.25, 0.3) is 0 Å². The van der Waals surface area contributed by atoms with Crippen molar-refractivity contribution in [2.24, 2.45) is 5.92 Å². The molecule has 1 atom stereocenters. The second-order valence-electron chi connectivity index (χ2n) is 3.80. The zero-order chi connectivity index (χ0) is 8.39. The molecule has 0 radical (unpaired) electrons. The van der Waals surface area contributed by atoms with Crippen LogP contribution in [0.15, 0.2) is 24.5 Å². The molecule has 0 aromatic carbocycles. The van der Waals surface area contributed by atoms with Gasteiger partial charge < -0.3 is 9.47 Å². The van der Waals surface area contributed by atoms with E-state index in [1.807, 2.05) is 0 Å². The molecule has 0 N–H and O–H groups in total. The molecule has 1 aliphatic heterocycles. The van der Waals surface area contributed by atoms with Crippen molar-refractivity contribution >= 4 is 0 Å². The Hall–Kier alpha value is -0.760. The van der Waals surface area contributed by atoms with E-state index >= 15 is 0 Å². The summed E-state index contributed by atoms with van der Waals surface area (Å²) in [5.74, 6) is 0.863. The molecule has 1 fully saturated rings. The Morgan fingerprint density at radius 3 is 2.67 bits per heavy atom. The largest absolute Gasteiger partial charge is 0.354 e. The summed E-state index contributed by atoms with van der Waals surface area (Å²) in [6, 6.07) is 4.19. The van der Waals surface area contributed by atoms with Gasteiger partial charge in [-0.25, -0.2) is 0 Å². The van der Waals surface area contributed by atoms with Gasteiger partial charge >= 0.3 is 0 Å². The third-order valence-electron chi connectivity index (χ3n) is 2.62. The quantitative estimate of drug-likeness (QED) is 0.642. The van der Waals surface area contributed by atoms with Crippen molar-refractivity contribution in [3.63, 3.8) is 0 Å². The molecular weight excluding hydrogens is 148 g/mol. The lowest BCUT2D eigenvalue weighted by atomic mass is 10.1. The van der Waals surface area contributed by atoms with Crippen molar-refractivity contribution < 1.29 is 0 Å². The molecule has 0 aliphatic carbocycles. The first kappa shape index (κ1) is 7.87. The Balaban J connectivity index is 1.88. The third kappa shape index (κ3) is 1.69. The number of hydrogen-bond acceptors (Lipinski definition) is 1. The average molecular weight is 164 g/mol. The van der Waals surface area contributed by atoms with E-state index in [0.29, 0.717) is 0 Å². The molecule has 1 unspecified atom stereocenters. The van der Waals surface area contributed by atoms with Crippen LogP contribution in [-0.2, 0) is 6.54 Å². The van der Waals surface area contributed by atoms with Crippen molar-refractivity contribution in [3.05, 3.63) is 24.5 Å². The first-order valence-electron chi connectivity index (χ1n) is 4.64. The van der Waals surface area contributed by atoms with E-state index in [0.717, 1.165) is 5.92 Å². The van der Waals surface area contributed by atoms with E-state index in [-0.39, 0.29) is 0 Å². The summed E-state index contributed by atoms with van der Waals surface area (Å²) in [5, 5.41) is 0. The van der Waals surface area contributed by atoms with Crippen LogP contribution >= 0.6 is 0 Å². The average Bonchev–Trinajstić information content (AvgIpc) is 2.63. The highest BCUT2D eigenvalue weighted by Crippen LogP contribution is 2.16. The van der Waals surface area contributed by atoms with Crippen molar-refractivity contribution in [1.29, 1.82) is 0 Å². The first-order chi connectivity index (χ1) is 5.84. The van der Waals surface area contributed by atoms with E-state index in [1.165, 1.54) is 26.1 Å². The Bertz CT molecular complexity index is 228. The maximum atomic E-state index is 2.41. The zero-order valence-electron chi connectivity index (χ0n) is 7.61. The lowest BCUT2D eigenvalue weighted by Crippen LogP contribution is -2.16. The monoisotopic (exact) mass is 164 g/mol. The van der Waals surface area contributed by atoms with Crippen LogP contribution in [0.2, 0.25) is 0 Å².